The highest BCUT2D eigenvalue weighted by Crippen LogP contribution is 2.33. The van der Waals surface area contributed by atoms with Crippen molar-refractivity contribution >= 4 is 40.1 Å². The fraction of sp³-hybridized carbons (Fsp3) is 0.281. The molecule has 7 N–H and O–H groups in total. The highest BCUT2D eigenvalue weighted by Gasteiger charge is 2.17. The van der Waals surface area contributed by atoms with Crippen LogP contribution in [0.3, 0.4) is 0 Å². The van der Waals surface area contributed by atoms with Crippen LogP contribution >= 0.6 is 11.8 Å². The Hall–Kier alpha value is -4.08. The summed E-state index contributed by atoms with van der Waals surface area (Å²) >= 11 is 1.24. The van der Waals surface area contributed by atoms with Gasteiger partial charge in [-0.15, -0.1) is 11.8 Å². The first-order chi connectivity index (χ1) is 19.8. The number of nitrogens with zero attached hydrogens (tertiary/aromatic N) is 3. The van der Waals surface area contributed by atoms with Gasteiger partial charge in [0.2, 0.25) is 0 Å². The molecule has 41 heavy (non-hydrogen) atoms. The molecule has 5 rings (SSSR count). The second-order valence-corrected chi connectivity index (χ2v) is 11.1. The molecule has 1 aromatic heterocycles. The molecule has 1 amide bonds. The van der Waals surface area contributed by atoms with Gasteiger partial charge in [-0.3, -0.25) is 9.69 Å². The number of benzene rings is 3. The Morgan fingerprint density at radius 2 is 1.68 bits per heavy atom. The number of nitrogens with one attached hydrogen (secondary N) is 1. The summed E-state index contributed by atoms with van der Waals surface area (Å²) in [6, 6.07) is 22.9. The zero-order chi connectivity index (χ0) is 29.4. The summed E-state index contributed by atoms with van der Waals surface area (Å²) in [6.07, 6.45) is 5.58. The number of hydrogen-bond donors (Lipinski definition) is 4. The maximum Gasteiger partial charge on any atom is 0.256 e. The number of carbonyl (C=O) groups excluding carboxylic acids is 1. The molecule has 0 spiro atoms. The van der Waals surface area contributed by atoms with E-state index in [1.807, 2.05) is 37.4 Å². The number of likely N-dealkylation sites (tertiary alicyclic amines) is 1. The number of hydrogen-bond acceptors (Lipinski definition) is 8. The molecule has 1 atom stereocenters. The zero-order valence-electron chi connectivity index (χ0n) is 23.9. The number of nitrogens with two attached hydrogens (primary N) is 3. The minimum Gasteiger partial charge on any atom is -0.404 e. The molecule has 1 saturated heterocycles. The highest BCUT2D eigenvalue weighted by atomic mass is 32.2. The Kier molecular flexibility index (Phi) is 10.2. The van der Waals surface area contributed by atoms with Crippen LogP contribution in [0, 0.1) is 5.92 Å². The predicted octanol–water partition coefficient (Wildman–Crippen LogP) is 5.45. The number of thioether (sulfide) groups is 1. The monoisotopic (exact) mass is 569 g/mol. The largest absolute Gasteiger partial charge is 0.404 e. The van der Waals surface area contributed by atoms with Gasteiger partial charge in [0.05, 0.1) is 38.7 Å². The van der Waals surface area contributed by atoms with Crippen molar-refractivity contribution in [3.05, 3.63) is 83.4 Å². The second-order valence-electron chi connectivity index (χ2n) is 10.2. The lowest BCUT2D eigenvalue weighted by Gasteiger charge is -2.30. The fourth-order valence-corrected chi connectivity index (χ4v) is 5.38. The van der Waals surface area contributed by atoms with Gasteiger partial charge in [0.25, 0.3) is 5.91 Å². The quantitative estimate of drug-likeness (QED) is 0.170. The molecule has 0 aliphatic carbocycles. The molecule has 3 aromatic carbocycles. The third-order valence-corrected chi connectivity index (χ3v) is 7.92. The van der Waals surface area contributed by atoms with E-state index in [9.17, 15) is 4.79 Å². The number of amides is 1. The lowest BCUT2D eigenvalue weighted by molar-refractivity contribution is -0.113. The number of rotatable bonds is 7. The molecule has 0 bridgehead atoms. The van der Waals surface area contributed by atoms with E-state index in [0.717, 1.165) is 51.7 Å². The average Bonchev–Trinajstić information content (AvgIpc) is 2.98. The molecular formula is C32H39N7OS. The molecule has 2 heterocycles. The second kappa shape index (κ2) is 14.0. The summed E-state index contributed by atoms with van der Waals surface area (Å²) in [6.45, 7) is 5.73. The summed E-state index contributed by atoms with van der Waals surface area (Å²) in [5, 5.41) is 3.14. The minimum atomic E-state index is -0.472. The Morgan fingerprint density at radius 3 is 2.22 bits per heavy atom. The third kappa shape index (κ3) is 7.56. The van der Waals surface area contributed by atoms with E-state index in [-0.39, 0.29) is 0 Å². The van der Waals surface area contributed by atoms with E-state index < -0.39 is 5.91 Å². The number of aromatic nitrogens is 2. The maximum absolute atomic E-state index is 10.2. The molecule has 1 aliphatic rings. The Balaban J connectivity index is 0.000000426. The van der Waals surface area contributed by atoms with Crippen molar-refractivity contribution < 1.29 is 4.79 Å². The van der Waals surface area contributed by atoms with Crippen molar-refractivity contribution in [2.75, 3.05) is 37.4 Å². The van der Waals surface area contributed by atoms with Crippen molar-refractivity contribution in [1.29, 1.82) is 0 Å². The number of carbonyl (C=O) groups is 1. The van der Waals surface area contributed by atoms with Crippen LogP contribution in [0.15, 0.2) is 77.8 Å². The lowest BCUT2D eigenvalue weighted by atomic mass is 9.99. The third-order valence-electron chi connectivity index (χ3n) is 7.14. The van der Waals surface area contributed by atoms with Gasteiger partial charge in [0.1, 0.15) is 0 Å². The molecule has 0 saturated carbocycles. The van der Waals surface area contributed by atoms with Crippen LogP contribution in [0.2, 0.25) is 0 Å². The Bertz CT molecular complexity index is 1510. The topological polar surface area (TPSA) is 136 Å². The highest BCUT2D eigenvalue weighted by molar-refractivity contribution is 8.03. The van der Waals surface area contributed by atoms with Gasteiger partial charge in [-0.25, -0.2) is 9.97 Å². The normalized spacial score (nSPS) is 15.7. The van der Waals surface area contributed by atoms with Gasteiger partial charge in [0, 0.05) is 37.5 Å². The van der Waals surface area contributed by atoms with Crippen LogP contribution in [0.4, 0.5) is 11.4 Å². The number of fused-ring (bicyclic) bond motifs is 1. The maximum atomic E-state index is 10.2. The standard InChI is InChI=1S/C28H31N5.C4H8N2OS/c1-19-7-6-14-33(17-19)18-20-10-12-22(13-11-20)28-27(21-8-4-3-5-9-21)32-26-16-24(30-2)23(29)15-25(26)31-28;1-8-3(2-5)4(6)7/h3-5,8-13,15-16,19,30H,6-7,14,17-18,29H2,1-2H3;2H,5H2,1H3,(H2,6,7)/b;3-2-/t19-;/m1./s1. The molecule has 1 aliphatic heterocycles. The summed E-state index contributed by atoms with van der Waals surface area (Å²) in [7, 11) is 1.86. The summed E-state index contributed by atoms with van der Waals surface area (Å²) in [4.78, 5) is 23.2. The number of nitrogen functional groups attached to an aromatic ring is 1. The van der Waals surface area contributed by atoms with Crippen molar-refractivity contribution in [2.45, 2.75) is 26.3 Å². The van der Waals surface area contributed by atoms with Crippen molar-refractivity contribution in [3.63, 3.8) is 0 Å². The van der Waals surface area contributed by atoms with Gasteiger partial charge in [-0.05, 0) is 49.3 Å². The molecule has 9 heteroatoms. The lowest BCUT2D eigenvalue weighted by Crippen LogP contribution is -2.33. The van der Waals surface area contributed by atoms with Gasteiger partial charge >= 0.3 is 0 Å². The molecule has 0 radical (unpaired) electrons. The first kappa shape index (κ1) is 29.9. The van der Waals surface area contributed by atoms with E-state index in [0.29, 0.717) is 10.6 Å². The summed E-state index contributed by atoms with van der Waals surface area (Å²) in [5.41, 5.74) is 24.4. The van der Waals surface area contributed by atoms with Crippen LogP contribution in [-0.4, -0.2) is 47.2 Å². The molecule has 8 nitrogen and oxygen atoms in total. The van der Waals surface area contributed by atoms with E-state index in [2.05, 4.69) is 53.5 Å². The molecule has 214 valence electrons. The smallest absolute Gasteiger partial charge is 0.256 e. The Labute approximate surface area is 246 Å². The predicted molar refractivity (Wildman–Crippen MR) is 173 cm³/mol. The van der Waals surface area contributed by atoms with Gasteiger partial charge < -0.3 is 22.5 Å². The van der Waals surface area contributed by atoms with Crippen molar-refractivity contribution in [2.24, 2.45) is 17.4 Å². The molecule has 1 fully saturated rings. The minimum absolute atomic E-state index is 0.394. The number of piperidine rings is 1. The summed E-state index contributed by atoms with van der Waals surface area (Å²) in [5.74, 6) is 0.315. The van der Waals surface area contributed by atoms with Crippen LogP contribution in [0.5, 0.6) is 0 Å². The summed E-state index contributed by atoms with van der Waals surface area (Å²) < 4.78 is 0. The first-order valence-corrected chi connectivity index (χ1v) is 15.0. The fourth-order valence-electron chi connectivity index (χ4n) is 5.04. The van der Waals surface area contributed by atoms with Crippen LogP contribution in [0.25, 0.3) is 33.5 Å². The van der Waals surface area contributed by atoms with Crippen LogP contribution in [-0.2, 0) is 11.3 Å². The zero-order valence-corrected chi connectivity index (χ0v) is 24.7. The number of primary amides is 1. The van der Waals surface area contributed by atoms with E-state index in [4.69, 9.17) is 27.2 Å². The van der Waals surface area contributed by atoms with Crippen LogP contribution < -0.4 is 22.5 Å². The SMILES string of the molecule is CNc1cc2nc(-c3ccccc3)c(-c3ccc(CN4CCC[C@@H](C)C4)cc3)nc2cc1N.CS/C(=C\N)C(N)=O. The van der Waals surface area contributed by atoms with Crippen molar-refractivity contribution in [1.82, 2.24) is 14.9 Å². The first-order valence-electron chi connectivity index (χ1n) is 13.7. The number of anilines is 2. The average molecular weight is 570 g/mol. The van der Waals surface area contributed by atoms with Gasteiger partial charge in [-0.2, -0.15) is 0 Å². The van der Waals surface area contributed by atoms with Gasteiger partial charge in [0.15, 0.2) is 0 Å². The van der Waals surface area contributed by atoms with Crippen LogP contribution in [0.1, 0.15) is 25.3 Å². The molecular weight excluding hydrogens is 530 g/mol. The molecule has 4 aromatic rings. The molecule has 0 unspecified atom stereocenters. The van der Waals surface area contributed by atoms with Gasteiger partial charge in [-0.1, -0.05) is 61.5 Å². The van der Waals surface area contributed by atoms with E-state index in [1.54, 1.807) is 6.26 Å². The Morgan fingerprint density at radius 1 is 1.05 bits per heavy atom. The van der Waals surface area contributed by atoms with Crippen molar-refractivity contribution in [3.8, 4) is 22.5 Å². The van der Waals surface area contributed by atoms with E-state index in [1.165, 1.54) is 49.5 Å². The van der Waals surface area contributed by atoms with E-state index >= 15 is 0 Å².